The van der Waals surface area contributed by atoms with Gasteiger partial charge in [-0.25, -0.2) is 4.57 Å². The Morgan fingerprint density at radius 1 is 1.58 bits per heavy atom. The highest BCUT2D eigenvalue weighted by Crippen LogP contribution is 2.06. The van der Waals surface area contributed by atoms with Crippen molar-refractivity contribution in [1.29, 1.82) is 0 Å². The van der Waals surface area contributed by atoms with Crippen molar-refractivity contribution in [3.05, 3.63) is 18.7 Å². The van der Waals surface area contributed by atoms with Crippen LogP contribution in [0.3, 0.4) is 0 Å². The van der Waals surface area contributed by atoms with E-state index in [2.05, 4.69) is 0 Å². The molecule has 0 saturated carbocycles. The summed E-state index contributed by atoms with van der Waals surface area (Å²) in [5.74, 6) is 0. The van der Waals surface area contributed by atoms with E-state index in [0.717, 1.165) is 0 Å². The first-order valence-corrected chi connectivity index (χ1v) is 3.95. The van der Waals surface area contributed by atoms with Crippen LogP contribution in [0.25, 0.3) is 0 Å². The lowest BCUT2D eigenvalue weighted by molar-refractivity contribution is -0.671. The fourth-order valence-corrected chi connectivity index (χ4v) is 1.01. The minimum Gasteiger partial charge on any atom is -0.320 e. The van der Waals surface area contributed by atoms with Crippen molar-refractivity contribution in [3.8, 4) is 0 Å². The molecule has 0 amide bonds. The minimum atomic E-state index is -0.309. The third-order valence-electron chi connectivity index (χ3n) is 1.54. The van der Waals surface area contributed by atoms with Gasteiger partial charge in [0.05, 0.1) is 13.7 Å². The number of aromatic nitrogens is 2. The first-order chi connectivity index (χ1) is 5.77. The number of hydrogen-bond acceptors (Lipinski definition) is 2. The fraction of sp³-hybridized carbons (Fsp3) is 0.625. The highest BCUT2D eigenvalue weighted by atomic mass is 16.7. The normalized spacial score (nSPS) is 13.2. The lowest BCUT2D eigenvalue weighted by Gasteiger charge is -2.10. The Bertz CT molecular complexity index is 235. The Balaban J connectivity index is 2.66. The SMILES string of the molecule is CCOC(OC)n1cc[n+](C)c1. The van der Waals surface area contributed by atoms with Crippen molar-refractivity contribution in [2.24, 2.45) is 7.05 Å². The molecule has 0 aromatic carbocycles. The summed E-state index contributed by atoms with van der Waals surface area (Å²) in [4.78, 5) is 0. The zero-order valence-corrected chi connectivity index (χ0v) is 7.73. The van der Waals surface area contributed by atoms with Crippen LogP contribution in [0.4, 0.5) is 0 Å². The van der Waals surface area contributed by atoms with E-state index >= 15 is 0 Å². The van der Waals surface area contributed by atoms with E-state index in [0.29, 0.717) is 6.61 Å². The Hall–Kier alpha value is -0.870. The van der Waals surface area contributed by atoms with Gasteiger partial charge >= 0.3 is 6.41 Å². The second-order valence-electron chi connectivity index (χ2n) is 2.52. The molecule has 1 heterocycles. The molecular weight excluding hydrogens is 156 g/mol. The molecule has 0 fully saturated rings. The third kappa shape index (κ3) is 2.06. The lowest BCUT2D eigenvalue weighted by Crippen LogP contribution is -2.25. The number of ether oxygens (including phenoxy) is 2. The second-order valence-corrected chi connectivity index (χ2v) is 2.52. The Morgan fingerprint density at radius 3 is 2.75 bits per heavy atom. The van der Waals surface area contributed by atoms with Crippen molar-refractivity contribution in [2.45, 2.75) is 13.3 Å². The molecule has 0 radical (unpaired) electrons. The van der Waals surface area contributed by atoms with Gasteiger partial charge in [-0.1, -0.05) is 0 Å². The monoisotopic (exact) mass is 171 g/mol. The van der Waals surface area contributed by atoms with Gasteiger partial charge in [0.2, 0.25) is 6.33 Å². The van der Waals surface area contributed by atoms with Gasteiger partial charge in [0.1, 0.15) is 12.4 Å². The van der Waals surface area contributed by atoms with Crippen molar-refractivity contribution in [2.75, 3.05) is 13.7 Å². The number of aryl methyl sites for hydroxylation is 1. The zero-order valence-electron chi connectivity index (χ0n) is 7.73. The van der Waals surface area contributed by atoms with Crippen molar-refractivity contribution >= 4 is 0 Å². The molecule has 12 heavy (non-hydrogen) atoms. The molecule has 1 aromatic heterocycles. The van der Waals surface area contributed by atoms with Crippen LogP contribution in [0.5, 0.6) is 0 Å². The largest absolute Gasteiger partial charge is 0.320 e. The van der Waals surface area contributed by atoms with Crippen LogP contribution in [0.2, 0.25) is 0 Å². The molecule has 0 aliphatic heterocycles. The maximum atomic E-state index is 5.32. The van der Waals surface area contributed by atoms with Gasteiger partial charge in [0.25, 0.3) is 0 Å². The molecule has 1 atom stereocenters. The number of hydrogen-bond donors (Lipinski definition) is 0. The highest BCUT2D eigenvalue weighted by molar-refractivity contribution is 4.66. The van der Waals surface area contributed by atoms with E-state index in [9.17, 15) is 0 Å². The van der Waals surface area contributed by atoms with Gasteiger partial charge in [0, 0.05) is 7.11 Å². The summed E-state index contributed by atoms with van der Waals surface area (Å²) in [5, 5.41) is 0. The maximum absolute atomic E-state index is 5.32. The predicted octanol–water partition coefficient (Wildman–Crippen LogP) is 0.452. The van der Waals surface area contributed by atoms with Crippen LogP contribution >= 0.6 is 0 Å². The summed E-state index contributed by atoms with van der Waals surface area (Å²) in [6.45, 7) is 2.58. The molecule has 0 N–H and O–H groups in total. The molecule has 1 aromatic rings. The summed E-state index contributed by atoms with van der Waals surface area (Å²) in [6.07, 6.45) is 5.44. The average molecular weight is 171 g/mol. The molecule has 68 valence electrons. The fourth-order valence-electron chi connectivity index (χ4n) is 1.01. The summed E-state index contributed by atoms with van der Waals surface area (Å²) < 4.78 is 14.2. The van der Waals surface area contributed by atoms with Crippen LogP contribution in [0, 0.1) is 0 Å². The molecular formula is C8H15N2O2+. The van der Waals surface area contributed by atoms with Crippen LogP contribution in [0.15, 0.2) is 18.7 Å². The van der Waals surface area contributed by atoms with Gasteiger partial charge in [-0.15, -0.1) is 0 Å². The Labute approximate surface area is 72.3 Å². The number of rotatable bonds is 4. The molecule has 0 saturated heterocycles. The molecule has 0 aliphatic rings. The van der Waals surface area contributed by atoms with E-state index < -0.39 is 0 Å². The highest BCUT2D eigenvalue weighted by Gasteiger charge is 2.13. The minimum absolute atomic E-state index is 0.309. The van der Waals surface area contributed by atoms with Crippen molar-refractivity contribution < 1.29 is 14.0 Å². The van der Waals surface area contributed by atoms with Gasteiger partial charge in [0.15, 0.2) is 0 Å². The van der Waals surface area contributed by atoms with Crippen LogP contribution in [-0.4, -0.2) is 18.3 Å². The molecule has 1 unspecified atom stereocenters. The van der Waals surface area contributed by atoms with Gasteiger partial charge in [-0.05, 0) is 6.92 Å². The van der Waals surface area contributed by atoms with E-state index in [-0.39, 0.29) is 6.41 Å². The Morgan fingerprint density at radius 2 is 2.33 bits per heavy atom. The first kappa shape index (κ1) is 9.22. The number of imidazole rings is 1. The summed E-state index contributed by atoms with van der Waals surface area (Å²) in [5.41, 5.74) is 0. The zero-order chi connectivity index (χ0) is 8.97. The topological polar surface area (TPSA) is 27.3 Å². The Kier molecular flexibility index (Phi) is 3.25. The molecule has 0 bridgehead atoms. The van der Waals surface area contributed by atoms with E-state index in [4.69, 9.17) is 9.47 Å². The van der Waals surface area contributed by atoms with Crippen molar-refractivity contribution in [1.82, 2.24) is 4.57 Å². The molecule has 4 heteroatoms. The van der Waals surface area contributed by atoms with Crippen LogP contribution in [0.1, 0.15) is 13.3 Å². The molecule has 4 nitrogen and oxygen atoms in total. The smallest absolute Gasteiger partial charge is 0.316 e. The quantitative estimate of drug-likeness (QED) is 0.486. The molecule has 1 rings (SSSR count). The maximum Gasteiger partial charge on any atom is 0.316 e. The van der Waals surface area contributed by atoms with Crippen LogP contribution < -0.4 is 4.57 Å². The average Bonchev–Trinajstić information content (AvgIpc) is 2.47. The van der Waals surface area contributed by atoms with Gasteiger partial charge in [-0.2, -0.15) is 4.57 Å². The lowest BCUT2D eigenvalue weighted by atomic mass is 10.8. The predicted molar refractivity (Wildman–Crippen MR) is 43.3 cm³/mol. The summed E-state index contributed by atoms with van der Waals surface area (Å²) in [7, 11) is 3.58. The molecule has 0 aliphatic carbocycles. The number of nitrogens with zero attached hydrogens (tertiary/aromatic N) is 2. The van der Waals surface area contributed by atoms with Gasteiger partial charge < -0.3 is 9.47 Å². The number of methoxy groups -OCH3 is 1. The second kappa shape index (κ2) is 4.23. The standard InChI is InChI=1S/C8H15N2O2/c1-4-12-8(11-3)10-6-5-9(2)7-10/h5-8H,4H2,1-3H3/q+1. The molecule has 0 spiro atoms. The van der Waals surface area contributed by atoms with Gasteiger partial charge in [-0.3, -0.25) is 0 Å². The third-order valence-corrected chi connectivity index (χ3v) is 1.54. The first-order valence-electron chi connectivity index (χ1n) is 3.95. The summed E-state index contributed by atoms with van der Waals surface area (Å²) >= 11 is 0. The van der Waals surface area contributed by atoms with E-state index in [1.807, 2.05) is 41.8 Å². The summed E-state index contributed by atoms with van der Waals surface area (Å²) in [6, 6.07) is 0. The van der Waals surface area contributed by atoms with E-state index in [1.165, 1.54) is 0 Å². The van der Waals surface area contributed by atoms with Crippen molar-refractivity contribution in [3.63, 3.8) is 0 Å². The van der Waals surface area contributed by atoms with E-state index in [1.54, 1.807) is 7.11 Å². The van der Waals surface area contributed by atoms with Crippen LogP contribution in [-0.2, 0) is 16.5 Å².